The molecule has 5 nitrogen and oxygen atoms in total. The van der Waals surface area contributed by atoms with Crippen LogP contribution in [0.15, 0.2) is 54.6 Å². The second-order valence-electron chi connectivity index (χ2n) is 6.65. The molecule has 3 rings (SSSR count). The summed E-state index contributed by atoms with van der Waals surface area (Å²) in [6, 6.07) is 16.5. The predicted octanol–water partition coefficient (Wildman–Crippen LogP) is 3.12. The Hall–Kier alpha value is -2.95. The molecule has 2 amide bonds. The first kappa shape index (κ1) is 17.9. The lowest BCUT2D eigenvalue weighted by atomic mass is 10.1. The van der Waals surface area contributed by atoms with Gasteiger partial charge in [-0.2, -0.15) is 0 Å². The zero-order valence-electron chi connectivity index (χ0n) is 14.9. The molecule has 1 aliphatic rings. The van der Waals surface area contributed by atoms with Crippen LogP contribution in [0.25, 0.3) is 0 Å². The lowest BCUT2D eigenvalue weighted by molar-refractivity contribution is -0.126. The second kappa shape index (κ2) is 7.52. The Morgan fingerprint density at radius 1 is 1.08 bits per heavy atom. The molecular formula is C21H22N2O3. The van der Waals surface area contributed by atoms with E-state index in [0.717, 1.165) is 5.56 Å². The Balaban J connectivity index is 1.65. The molecule has 1 heterocycles. The zero-order chi connectivity index (χ0) is 18.7. The molecule has 0 spiro atoms. The molecule has 0 bridgehead atoms. The summed E-state index contributed by atoms with van der Waals surface area (Å²) in [5.41, 5.74) is 2.35. The Labute approximate surface area is 153 Å². The van der Waals surface area contributed by atoms with E-state index in [1.54, 1.807) is 29.2 Å². The van der Waals surface area contributed by atoms with Gasteiger partial charge in [0.15, 0.2) is 5.78 Å². The molecule has 2 unspecified atom stereocenters. The number of nitrogens with one attached hydrogen (secondary N) is 1. The minimum Gasteiger partial charge on any atom is -0.349 e. The highest BCUT2D eigenvalue weighted by Crippen LogP contribution is 2.26. The van der Waals surface area contributed by atoms with Gasteiger partial charge in [-0.3, -0.25) is 14.4 Å². The van der Waals surface area contributed by atoms with E-state index in [-0.39, 0.29) is 36.0 Å². The van der Waals surface area contributed by atoms with Gasteiger partial charge in [0, 0.05) is 24.2 Å². The van der Waals surface area contributed by atoms with Gasteiger partial charge < -0.3 is 10.2 Å². The third-order valence-corrected chi connectivity index (χ3v) is 4.74. The molecule has 5 heteroatoms. The van der Waals surface area contributed by atoms with Gasteiger partial charge in [-0.15, -0.1) is 0 Å². The molecule has 1 N–H and O–H groups in total. The maximum absolute atomic E-state index is 12.6. The zero-order valence-corrected chi connectivity index (χ0v) is 14.9. The molecule has 0 radical (unpaired) electrons. The van der Waals surface area contributed by atoms with E-state index in [1.807, 2.05) is 37.3 Å². The van der Waals surface area contributed by atoms with Crippen molar-refractivity contribution in [3.05, 3.63) is 65.7 Å². The summed E-state index contributed by atoms with van der Waals surface area (Å²) >= 11 is 0. The summed E-state index contributed by atoms with van der Waals surface area (Å²) in [7, 11) is 0. The third-order valence-electron chi connectivity index (χ3n) is 4.74. The van der Waals surface area contributed by atoms with E-state index in [1.165, 1.54) is 6.92 Å². The van der Waals surface area contributed by atoms with Crippen molar-refractivity contribution in [2.24, 2.45) is 5.92 Å². The molecule has 1 aliphatic heterocycles. The fourth-order valence-electron chi connectivity index (χ4n) is 3.17. The van der Waals surface area contributed by atoms with Crippen molar-refractivity contribution in [2.45, 2.75) is 26.3 Å². The van der Waals surface area contributed by atoms with Crippen LogP contribution in [0.1, 0.15) is 42.2 Å². The first-order valence-electron chi connectivity index (χ1n) is 8.72. The molecular weight excluding hydrogens is 328 g/mol. The molecule has 0 aliphatic carbocycles. The highest BCUT2D eigenvalue weighted by atomic mass is 16.2. The maximum Gasteiger partial charge on any atom is 0.227 e. The minimum absolute atomic E-state index is 0.0172. The number of carbonyl (C=O) groups is 3. The molecule has 0 saturated carbocycles. The van der Waals surface area contributed by atoms with Crippen LogP contribution in [-0.4, -0.2) is 24.1 Å². The minimum atomic E-state index is -0.374. The summed E-state index contributed by atoms with van der Waals surface area (Å²) in [6.45, 7) is 3.79. The highest BCUT2D eigenvalue weighted by molar-refractivity contribution is 6.01. The van der Waals surface area contributed by atoms with Crippen molar-refractivity contribution < 1.29 is 14.4 Å². The van der Waals surface area contributed by atoms with Crippen LogP contribution in [0.4, 0.5) is 5.69 Å². The number of amides is 2. The van der Waals surface area contributed by atoms with Gasteiger partial charge in [0.1, 0.15) is 0 Å². The fraction of sp³-hybridized carbons (Fsp3) is 0.286. The van der Waals surface area contributed by atoms with Crippen molar-refractivity contribution in [2.75, 3.05) is 11.4 Å². The van der Waals surface area contributed by atoms with Crippen LogP contribution >= 0.6 is 0 Å². The summed E-state index contributed by atoms with van der Waals surface area (Å²) in [4.78, 5) is 37.9. The standard InChI is InChI=1S/C21H22N2O3/c1-14(16-6-4-3-5-7-16)22-21(26)18-12-20(25)23(13-18)19-10-8-17(9-11-19)15(2)24/h3-11,14,18H,12-13H2,1-2H3,(H,22,26). The van der Waals surface area contributed by atoms with Crippen LogP contribution in [0.3, 0.4) is 0 Å². The maximum atomic E-state index is 12.6. The molecule has 1 saturated heterocycles. The number of rotatable bonds is 5. The molecule has 26 heavy (non-hydrogen) atoms. The molecule has 1 fully saturated rings. The molecule has 2 aromatic rings. The monoisotopic (exact) mass is 350 g/mol. The molecule has 0 aromatic heterocycles. The Bertz CT molecular complexity index is 815. The average Bonchev–Trinajstić information content (AvgIpc) is 3.04. The smallest absolute Gasteiger partial charge is 0.227 e. The number of nitrogens with zero attached hydrogens (tertiary/aromatic N) is 1. The number of benzene rings is 2. The van der Waals surface area contributed by atoms with Crippen molar-refractivity contribution in [3.8, 4) is 0 Å². The summed E-state index contributed by atoms with van der Waals surface area (Å²) in [5, 5.41) is 2.99. The van der Waals surface area contributed by atoms with Crippen LogP contribution < -0.4 is 10.2 Å². The SMILES string of the molecule is CC(=O)c1ccc(N2CC(C(=O)NC(C)c3ccccc3)CC2=O)cc1. The van der Waals surface area contributed by atoms with E-state index < -0.39 is 0 Å². The van der Waals surface area contributed by atoms with Gasteiger partial charge >= 0.3 is 0 Å². The first-order chi connectivity index (χ1) is 12.5. The average molecular weight is 350 g/mol. The number of ketones is 1. The van der Waals surface area contributed by atoms with E-state index in [2.05, 4.69) is 5.32 Å². The van der Waals surface area contributed by atoms with E-state index in [9.17, 15) is 14.4 Å². The number of carbonyl (C=O) groups excluding carboxylic acids is 3. The topological polar surface area (TPSA) is 66.5 Å². The lowest BCUT2D eigenvalue weighted by Gasteiger charge is -2.19. The van der Waals surface area contributed by atoms with Crippen molar-refractivity contribution in [3.63, 3.8) is 0 Å². The largest absolute Gasteiger partial charge is 0.349 e. The number of hydrogen-bond donors (Lipinski definition) is 1. The van der Waals surface area contributed by atoms with Crippen LogP contribution in [0, 0.1) is 5.92 Å². The van der Waals surface area contributed by atoms with E-state index >= 15 is 0 Å². The lowest BCUT2D eigenvalue weighted by Crippen LogP contribution is -2.34. The number of hydrogen-bond acceptors (Lipinski definition) is 3. The Kier molecular flexibility index (Phi) is 5.16. The third kappa shape index (κ3) is 3.82. The molecule has 2 aromatic carbocycles. The Morgan fingerprint density at radius 2 is 1.73 bits per heavy atom. The van der Waals surface area contributed by atoms with Gasteiger partial charge in [-0.05, 0) is 43.7 Å². The molecule has 2 atom stereocenters. The molecule has 134 valence electrons. The predicted molar refractivity (Wildman–Crippen MR) is 99.9 cm³/mol. The summed E-state index contributed by atoms with van der Waals surface area (Å²) in [5.74, 6) is -0.580. The summed E-state index contributed by atoms with van der Waals surface area (Å²) in [6.07, 6.45) is 0.196. The van der Waals surface area contributed by atoms with Crippen LogP contribution in [0.5, 0.6) is 0 Å². The Morgan fingerprint density at radius 3 is 2.35 bits per heavy atom. The quantitative estimate of drug-likeness (QED) is 0.843. The van der Waals surface area contributed by atoms with Crippen molar-refractivity contribution >= 4 is 23.3 Å². The van der Waals surface area contributed by atoms with Crippen LogP contribution in [0.2, 0.25) is 0 Å². The van der Waals surface area contributed by atoms with Crippen LogP contribution in [-0.2, 0) is 9.59 Å². The van der Waals surface area contributed by atoms with Gasteiger partial charge in [-0.25, -0.2) is 0 Å². The number of Topliss-reactive ketones (excluding diaryl/α,β-unsaturated/α-hetero) is 1. The van der Waals surface area contributed by atoms with Gasteiger partial charge in [0.2, 0.25) is 11.8 Å². The van der Waals surface area contributed by atoms with Gasteiger partial charge in [0.05, 0.1) is 12.0 Å². The second-order valence-corrected chi connectivity index (χ2v) is 6.65. The highest BCUT2D eigenvalue weighted by Gasteiger charge is 2.35. The summed E-state index contributed by atoms with van der Waals surface area (Å²) < 4.78 is 0. The normalized spacial score (nSPS) is 17.8. The first-order valence-corrected chi connectivity index (χ1v) is 8.72. The number of anilines is 1. The van der Waals surface area contributed by atoms with Gasteiger partial charge in [-0.1, -0.05) is 30.3 Å². The van der Waals surface area contributed by atoms with Gasteiger partial charge in [0.25, 0.3) is 0 Å². The van der Waals surface area contributed by atoms with Crippen molar-refractivity contribution in [1.29, 1.82) is 0 Å². The fourth-order valence-corrected chi connectivity index (χ4v) is 3.17. The van der Waals surface area contributed by atoms with Crippen molar-refractivity contribution in [1.82, 2.24) is 5.32 Å². The van der Waals surface area contributed by atoms with E-state index in [0.29, 0.717) is 17.8 Å². The van der Waals surface area contributed by atoms with E-state index in [4.69, 9.17) is 0 Å².